The molecular weight excluding hydrogens is 222 g/mol. The van der Waals surface area contributed by atoms with Crippen molar-refractivity contribution in [2.24, 2.45) is 0 Å². The van der Waals surface area contributed by atoms with Gasteiger partial charge in [-0.3, -0.25) is 0 Å². The lowest BCUT2D eigenvalue weighted by atomic mass is 10.0. The number of halogens is 1. The fourth-order valence-corrected chi connectivity index (χ4v) is 1.80. The van der Waals surface area contributed by atoms with Crippen molar-refractivity contribution in [3.63, 3.8) is 0 Å². The highest BCUT2D eigenvalue weighted by Gasteiger charge is 2.10. The number of phenols is 1. The molecule has 0 unspecified atom stereocenters. The molecule has 2 aromatic rings. The van der Waals surface area contributed by atoms with Crippen LogP contribution in [0.15, 0.2) is 36.4 Å². The second-order valence-corrected chi connectivity index (χ2v) is 4.05. The molecule has 3 N–H and O–H groups in total. The molecular formula is C13H12ClNO. The number of benzene rings is 2. The van der Waals surface area contributed by atoms with Crippen molar-refractivity contribution in [1.29, 1.82) is 0 Å². The van der Waals surface area contributed by atoms with Crippen molar-refractivity contribution in [2.75, 3.05) is 5.73 Å². The average molecular weight is 234 g/mol. The topological polar surface area (TPSA) is 46.2 Å². The van der Waals surface area contributed by atoms with Gasteiger partial charge in [0.25, 0.3) is 0 Å². The number of anilines is 1. The van der Waals surface area contributed by atoms with Gasteiger partial charge in [0.15, 0.2) is 0 Å². The molecule has 82 valence electrons. The first-order valence-corrected chi connectivity index (χ1v) is 5.32. The molecule has 0 bridgehead atoms. The summed E-state index contributed by atoms with van der Waals surface area (Å²) in [4.78, 5) is 0. The molecule has 2 nitrogen and oxygen atoms in total. The van der Waals surface area contributed by atoms with Gasteiger partial charge in [0.2, 0.25) is 0 Å². The standard InChI is InChI=1S/C13H12ClNO/c1-8-6-7-10(13(15)12(8)14)9-4-2-3-5-11(9)16/h2-7,16H,15H2,1H3. The molecule has 0 fully saturated rings. The summed E-state index contributed by atoms with van der Waals surface area (Å²) in [7, 11) is 0. The third-order valence-electron chi connectivity index (χ3n) is 2.57. The van der Waals surface area contributed by atoms with Crippen LogP contribution in [-0.4, -0.2) is 5.11 Å². The van der Waals surface area contributed by atoms with Crippen LogP contribution in [0.3, 0.4) is 0 Å². The van der Waals surface area contributed by atoms with Crippen molar-refractivity contribution < 1.29 is 5.11 Å². The zero-order chi connectivity index (χ0) is 11.7. The summed E-state index contributed by atoms with van der Waals surface area (Å²) in [5.41, 5.74) is 8.83. The van der Waals surface area contributed by atoms with Crippen molar-refractivity contribution in [1.82, 2.24) is 0 Å². The summed E-state index contributed by atoms with van der Waals surface area (Å²) in [6.07, 6.45) is 0. The molecule has 3 heteroatoms. The average Bonchev–Trinajstić information content (AvgIpc) is 2.28. The Labute approximate surface area is 99.3 Å². The summed E-state index contributed by atoms with van der Waals surface area (Å²) in [5.74, 6) is 0.203. The Morgan fingerprint density at radius 3 is 2.44 bits per heavy atom. The monoisotopic (exact) mass is 233 g/mol. The molecule has 0 amide bonds. The second-order valence-electron chi connectivity index (χ2n) is 3.67. The lowest BCUT2D eigenvalue weighted by Gasteiger charge is -2.10. The maximum absolute atomic E-state index is 9.75. The Bertz CT molecular complexity index is 537. The highest BCUT2D eigenvalue weighted by atomic mass is 35.5. The Balaban J connectivity index is 2.66. The van der Waals surface area contributed by atoms with Crippen LogP contribution >= 0.6 is 11.6 Å². The smallest absolute Gasteiger partial charge is 0.123 e. The van der Waals surface area contributed by atoms with E-state index >= 15 is 0 Å². The lowest BCUT2D eigenvalue weighted by Crippen LogP contribution is -1.93. The van der Waals surface area contributed by atoms with Crippen LogP contribution in [-0.2, 0) is 0 Å². The first-order valence-electron chi connectivity index (χ1n) is 4.94. The number of aromatic hydroxyl groups is 1. The molecule has 0 aliphatic carbocycles. The summed E-state index contributed by atoms with van der Waals surface area (Å²) in [5, 5.41) is 10.3. The quantitative estimate of drug-likeness (QED) is 0.740. The minimum Gasteiger partial charge on any atom is -0.507 e. The van der Waals surface area contributed by atoms with Gasteiger partial charge in [-0.15, -0.1) is 0 Å². The van der Waals surface area contributed by atoms with Gasteiger partial charge in [-0.1, -0.05) is 41.9 Å². The lowest BCUT2D eigenvalue weighted by molar-refractivity contribution is 0.477. The molecule has 0 saturated heterocycles. The number of nitrogens with two attached hydrogens (primary N) is 1. The number of aryl methyl sites for hydroxylation is 1. The van der Waals surface area contributed by atoms with E-state index in [1.54, 1.807) is 12.1 Å². The second kappa shape index (κ2) is 4.06. The molecule has 16 heavy (non-hydrogen) atoms. The van der Waals surface area contributed by atoms with Crippen molar-refractivity contribution >= 4 is 17.3 Å². The molecule has 0 aliphatic heterocycles. The minimum atomic E-state index is 0.203. The van der Waals surface area contributed by atoms with Crippen LogP contribution in [0.4, 0.5) is 5.69 Å². The summed E-state index contributed by atoms with van der Waals surface area (Å²) in [6.45, 7) is 1.90. The van der Waals surface area contributed by atoms with E-state index in [9.17, 15) is 5.11 Å². The predicted molar refractivity (Wildman–Crippen MR) is 67.7 cm³/mol. The van der Waals surface area contributed by atoms with Gasteiger partial charge in [-0.05, 0) is 18.6 Å². The Morgan fingerprint density at radius 1 is 1.06 bits per heavy atom. The van der Waals surface area contributed by atoms with Gasteiger partial charge < -0.3 is 10.8 Å². The van der Waals surface area contributed by atoms with Crippen LogP contribution in [0.25, 0.3) is 11.1 Å². The molecule has 2 rings (SSSR count). The van der Waals surface area contributed by atoms with Crippen LogP contribution in [0.2, 0.25) is 5.02 Å². The zero-order valence-corrected chi connectivity index (χ0v) is 9.62. The molecule has 0 heterocycles. The van der Waals surface area contributed by atoms with Crippen LogP contribution in [0.5, 0.6) is 5.75 Å². The summed E-state index contributed by atoms with van der Waals surface area (Å²) >= 11 is 6.08. The zero-order valence-electron chi connectivity index (χ0n) is 8.87. The van der Waals surface area contributed by atoms with Gasteiger partial charge in [0.05, 0.1) is 10.7 Å². The van der Waals surface area contributed by atoms with E-state index in [-0.39, 0.29) is 5.75 Å². The van der Waals surface area contributed by atoms with Gasteiger partial charge >= 0.3 is 0 Å². The molecule has 0 spiro atoms. The van der Waals surface area contributed by atoms with E-state index in [1.165, 1.54) is 0 Å². The highest BCUT2D eigenvalue weighted by molar-refractivity contribution is 6.34. The number of nitrogen functional groups attached to an aromatic ring is 1. The third-order valence-corrected chi connectivity index (χ3v) is 3.07. The Kier molecular flexibility index (Phi) is 2.75. The summed E-state index contributed by atoms with van der Waals surface area (Å²) < 4.78 is 0. The maximum Gasteiger partial charge on any atom is 0.123 e. The third kappa shape index (κ3) is 1.72. The molecule has 0 aliphatic rings. The minimum absolute atomic E-state index is 0.203. The molecule has 0 aromatic heterocycles. The fraction of sp³-hybridized carbons (Fsp3) is 0.0769. The molecule has 0 atom stereocenters. The number of para-hydroxylation sites is 1. The van der Waals surface area contributed by atoms with Gasteiger partial charge in [0, 0.05) is 11.1 Å². The maximum atomic E-state index is 9.75. The highest BCUT2D eigenvalue weighted by Crippen LogP contribution is 2.37. The fourth-order valence-electron chi connectivity index (χ4n) is 1.64. The predicted octanol–water partition coefficient (Wildman–Crippen LogP) is 3.60. The van der Waals surface area contributed by atoms with Crippen molar-refractivity contribution in [3.8, 4) is 16.9 Å². The van der Waals surface area contributed by atoms with Gasteiger partial charge in [-0.2, -0.15) is 0 Å². The van der Waals surface area contributed by atoms with Crippen molar-refractivity contribution in [2.45, 2.75) is 6.92 Å². The normalized spacial score (nSPS) is 10.4. The van der Waals surface area contributed by atoms with E-state index in [2.05, 4.69) is 0 Å². The van der Waals surface area contributed by atoms with E-state index in [4.69, 9.17) is 17.3 Å². The van der Waals surface area contributed by atoms with E-state index in [1.807, 2.05) is 31.2 Å². The SMILES string of the molecule is Cc1ccc(-c2ccccc2O)c(N)c1Cl. The van der Waals surface area contributed by atoms with E-state index in [0.717, 1.165) is 11.1 Å². The number of rotatable bonds is 1. The number of phenolic OH excluding ortho intramolecular Hbond substituents is 1. The first kappa shape index (κ1) is 10.8. The largest absolute Gasteiger partial charge is 0.507 e. The van der Waals surface area contributed by atoms with Crippen LogP contribution in [0, 0.1) is 6.92 Å². The van der Waals surface area contributed by atoms with Crippen LogP contribution in [0.1, 0.15) is 5.56 Å². The molecule has 2 aromatic carbocycles. The Morgan fingerprint density at radius 2 is 1.75 bits per heavy atom. The number of hydrogen-bond donors (Lipinski definition) is 2. The number of hydrogen-bond acceptors (Lipinski definition) is 2. The first-order chi connectivity index (χ1) is 7.61. The van der Waals surface area contributed by atoms with Gasteiger partial charge in [0.1, 0.15) is 5.75 Å². The van der Waals surface area contributed by atoms with E-state index in [0.29, 0.717) is 16.3 Å². The van der Waals surface area contributed by atoms with Crippen LogP contribution < -0.4 is 5.73 Å². The van der Waals surface area contributed by atoms with Gasteiger partial charge in [-0.25, -0.2) is 0 Å². The molecule has 0 saturated carbocycles. The van der Waals surface area contributed by atoms with Crippen molar-refractivity contribution in [3.05, 3.63) is 47.0 Å². The summed E-state index contributed by atoms with van der Waals surface area (Å²) in [6, 6.07) is 10.8. The Hall–Kier alpha value is -1.67. The molecule has 0 radical (unpaired) electrons. The van der Waals surface area contributed by atoms with E-state index < -0.39 is 0 Å².